The maximum atomic E-state index is 13.0. The van der Waals surface area contributed by atoms with Gasteiger partial charge in [0.15, 0.2) is 0 Å². The Morgan fingerprint density at radius 2 is 1.96 bits per heavy atom. The zero-order valence-electron chi connectivity index (χ0n) is 15.7. The van der Waals surface area contributed by atoms with Gasteiger partial charge < -0.3 is 19.9 Å². The molecule has 0 saturated carbocycles. The Bertz CT molecular complexity index is 963. The molecule has 2 N–H and O–H groups in total. The van der Waals surface area contributed by atoms with Gasteiger partial charge in [0.2, 0.25) is 0 Å². The number of aliphatic hydroxyl groups is 1. The van der Waals surface area contributed by atoms with Crippen molar-refractivity contribution in [1.82, 2.24) is 14.8 Å². The van der Waals surface area contributed by atoms with E-state index in [0.717, 1.165) is 23.1 Å². The number of amides is 1. The second-order valence-corrected chi connectivity index (χ2v) is 7.50. The summed E-state index contributed by atoms with van der Waals surface area (Å²) < 4.78 is 0. The summed E-state index contributed by atoms with van der Waals surface area (Å²) in [5, 5.41) is 11.5. The monoisotopic (exact) mass is 363 g/mol. The first-order valence-corrected chi connectivity index (χ1v) is 9.34. The molecule has 5 nitrogen and oxygen atoms in total. The van der Waals surface area contributed by atoms with Crippen molar-refractivity contribution in [2.75, 3.05) is 27.2 Å². The van der Waals surface area contributed by atoms with Crippen molar-refractivity contribution >= 4 is 16.8 Å². The molecule has 5 heteroatoms. The highest BCUT2D eigenvalue weighted by molar-refractivity contribution is 5.96. The first-order valence-electron chi connectivity index (χ1n) is 9.34. The number of β-amino-alcohol motifs (C(OH)–C–C–N with tert-alkyl or cyclic N) is 1. The minimum absolute atomic E-state index is 0.0194. The molecule has 2 atom stereocenters. The highest BCUT2D eigenvalue weighted by atomic mass is 16.3. The van der Waals surface area contributed by atoms with E-state index in [4.69, 9.17) is 0 Å². The van der Waals surface area contributed by atoms with Crippen LogP contribution in [0.3, 0.4) is 0 Å². The Labute approximate surface area is 159 Å². The van der Waals surface area contributed by atoms with E-state index < -0.39 is 6.10 Å². The number of hydrogen-bond acceptors (Lipinski definition) is 3. The van der Waals surface area contributed by atoms with Crippen LogP contribution in [0.2, 0.25) is 0 Å². The zero-order valence-corrected chi connectivity index (χ0v) is 15.7. The number of likely N-dealkylation sites (N-methyl/N-ethyl adjacent to an activating group) is 1. The Balaban J connectivity index is 1.56. The molecule has 2 aromatic carbocycles. The number of nitrogens with one attached hydrogen (secondary N) is 1. The lowest BCUT2D eigenvalue weighted by molar-refractivity contribution is 0.00608. The number of hydrogen-bond donors (Lipinski definition) is 2. The SMILES string of the molecule is CN(C)[C@H]1CCN(C(=O)c2cccc(-c3ccc4cc[nH]c4c3)c2)C[C@@H]1O. The molecule has 4 rings (SSSR count). The highest BCUT2D eigenvalue weighted by Crippen LogP contribution is 2.25. The van der Waals surface area contributed by atoms with E-state index in [1.54, 1.807) is 4.90 Å². The molecule has 27 heavy (non-hydrogen) atoms. The predicted octanol–water partition coefficient (Wildman–Crippen LogP) is 2.97. The van der Waals surface area contributed by atoms with E-state index in [2.05, 4.69) is 23.2 Å². The Morgan fingerprint density at radius 3 is 2.74 bits per heavy atom. The lowest BCUT2D eigenvalue weighted by Crippen LogP contribution is -2.53. The summed E-state index contributed by atoms with van der Waals surface area (Å²) in [6, 6.07) is 16.1. The van der Waals surface area contributed by atoms with Crippen molar-refractivity contribution in [1.29, 1.82) is 0 Å². The number of aromatic amines is 1. The first kappa shape index (κ1) is 17.8. The minimum atomic E-state index is -0.517. The van der Waals surface area contributed by atoms with Crippen molar-refractivity contribution in [3.05, 3.63) is 60.3 Å². The van der Waals surface area contributed by atoms with Crippen LogP contribution in [-0.2, 0) is 0 Å². The molecular weight excluding hydrogens is 338 g/mol. The van der Waals surface area contributed by atoms with Gasteiger partial charge in [-0.2, -0.15) is 0 Å². The number of carbonyl (C=O) groups excluding carboxylic acids is 1. The van der Waals surface area contributed by atoms with Crippen LogP contribution in [0.4, 0.5) is 0 Å². The first-order chi connectivity index (χ1) is 13.0. The third kappa shape index (κ3) is 3.48. The van der Waals surface area contributed by atoms with E-state index in [1.165, 1.54) is 5.39 Å². The van der Waals surface area contributed by atoms with Crippen molar-refractivity contribution < 1.29 is 9.90 Å². The molecule has 3 aromatic rings. The number of aromatic nitrogens is 1. The molecule has 0 aliphatic carbocycles. The van der Waals surface area contributed by atoms with Crippen LogP contribution >= 0.6 is 0 Å². The molecule has 2 heterocycles. The molecule has 1 saturated heterocycles. The molecule has 1 amide bonds. The van der Waals surface area contributed by atoms with Gasteiger partial charge in [-0.3, -0.25) is 4.79 Å². The predicted molar refractivity (Wildman–Crippen MR) is 108 cm³/mol. The van der Waals surface area contributed by atoms with Crippen molar-refractivity contribution in [3.8, 4) is 11.1 Å². The number of likely N-dealkylation sites (tertiary alicyclic amines) is 1. The van der Waals surface area contributed by atoms with Crippen LogP contribution in [0.15, 0.2) is 54.7 Å². The van der Waals surface area contributed by atoms with E-state index in [-0.39, 0.29) is 11.9 Å². The molecule has 1 aliphatic rings. The Morgan fingerprint density at radius 1 is 1.15 bits per heavy atom. The number of piperidine rings is 1. The normalized spacial score (nSPS) is 20.4. The van der Waals surface area contributed by atoms with E-state index in [1.807, 2.05) is 55.5 Å². The van der Waals surface area contributed by atoms with Gasteiger partial charge in [-0.05, 0) is 61.3 Å². The smallest absolute Gasteiger partial charge is 0.253 e. The van der Waals surface area contributed by atoms with Gasteiger partial charge in [-0.15, -0.1) is 0 Å². The van der Waals surface area contributed by atoms with Gasteiger partial charge in [0.05, 0.1) is 6.10 Å². The van der Waals surface area contributed by atoms with Crippen molar-refractivity contribution in [2.45, 2.75) is 18.6 Å². The topological polar surface area (TPSA) is 59.6 Å². The molecule has 0 spiro atoms. The Kier molecular flexibility index (Phi) is 4.72. The molecule has 0 bridgehead atoms. The number of H-pyrrole nitrogens is 1. The van der Waals surface area contributed by atoms with Gasteiger partial charge >= 0.3 is 0 Å². The van der Waals surface area contributed by atoms with Crippen molar-refractivity contribution in [2.24, 2.45) is 0 Å². The summed E-state index contributed by atoms with van der Waals surface area (Å²) in [5.41, 5.74) is 3.83. The summed E-state index contributed by atoms with van der Waals surface area (Å²) in [7, 11) is 3.94. The van der Waals surface area contributed by atoms with Gasteiger partial charge in [0, 0.05) is 36.4 Å². The van der Waals surface area contributed by atoms with Crippen LogP contribution < -0.4 is 0 Å². The fraction of sp³-hybridized carbons (Fsp3) is 0.318. The zero-order chi connectivity index (χ0) is 19.0. The van der Waals surface area contributed by atoms with Gasteiger partial charge in [0.25, 0.3) is 5.91 Å². The average Bonchev–Trinajstić information content (AvgIpc) is 3.15. The summed E-state index contributed by atoms with van der Waals surface area (Å²) >= 11 is 0. The second kappa shape index (κ2) is 7.18. The summed E-state index contributed by atoms with van der Waals surface area (Å²) in [4.78, 5) is 20.0. The van der Waals surface area contributed by atoms with Crippen LogP contribution in [0.1, 0.15) is 16.8 Å². The molecule has 0 unspecified atom stereocenters. The number of aliphatic hydroxyl groups excluding tert-OH is 1. The number of rotatable bonds is 3. The number of benzene rings is 2. The number of fused-ring (bicyclic) bond motifs is 1. The van der Waals surface area contributed by atoms with Gasteiger partial charge in [-0.25, -0.2) is 0 Å². The third-order valence-corrected chi connectivity index (χ3v) is 5.49. The molecule has 140 valence electrons. The van der Waals surface area contributed by atoms with Gasteiger partial charge in [-0.1, -0.05) is 24.3 Å². The molecular formula is C22H25N3O2. The quantitative estimate of drug-likeness (QED) is 0.752. The maximum absolute atomic E-state index is 13.0. The summed E-state index contributed by atoms with van der Waals surface area (Å²) in [6.07, 6.45) is 2.19. The largest absolute Gasteiger partial charge is 0.390 e. The number of carbonyl (C=O) groups is 1. The lowest BCUT2D eigenvalue weighted by atomic mass is 9.98. The highest BCUT2D eigenvalue weighted by Gasteiger charge is 2.31. The van der Waals surface area contributed by atoms with Crippen LogP contribution in [0.5, 0.6) is 0 Å². The fourth-order valence-electron chi connectivity index (χ4n) is 3.95. The van der Waals surface area contributed by atoms with Crippen LogP contribution in [0, 0.1) is 0 Å². The van der Waals surface area contributed by atoms with E-state index in [0.29, 0.717) is 18.7 Å². The second-order valence-electron chi connectivity index (χ2n) is 7.50. The molecule has 1 aliphatic heterocycles. The van der Waals surface area contributed by atoms with Crippen molar-refractivity contribution in [3.63, 3.8) is 0 Å². The van der Waals surface area contributed by atoms with Gasteiger partial charge in [0.1, 0.15) is 0 Å². The average molecular weight is 363 g/mol. The number of nitrogens with zero attached hydrogens (tertiary/aromatic N) is 2. The molecule has 1 fully saturated rings. The molecule has 1 aromatic heterocycles. The lowest BCUT2D eigenvalue weighted by Gasteiger charge is -2.39. The third-order valence-electron chi connectivity index (χ3n) is 5.49. The molecule has 0 radical (unpaired) electrons. The fourth-order valence-corrected chi connectivity index (χ4v) is 3.95. The van der Waals surface area contributed by atoms with Crippen LogP contribution in [0.25, 0.3) is 22.0 Å². The van der Waals surface area contributed by atoms with E-state index in [9.17, 15) is 9.90 Å². The van der Waals surface area contributed by atoms with E-state index >= 15 is 0 Å². The summed E-state index contributed by atoms with van der Waals surface area (Å²) in [5.74, 6) is -0.0194. The minimum Gasteiger partial charge on any atom is -0.390 e. The van der Waals surface area contributed by atoms with Crippen LogP contribution in [-0.4, -0.2) is 65.1 Å². The summed E-state index contributed by atoms with van der Waals surface area (Å²) in [6.45, 7) is 1.04. The Hall–Kier alpha value is -2.63. The maximum Gasteiger partial charge on any atom is 0.253 e. The standard InChI is InChI=1S/C22H25N3O2/c1-24(2)20-9-11-25(14-21(20)26)22(27)18-5-3-4-16(12-18)17-7-6-15-8-10-23-19(15)13-17/h3-8,10,12-13,20-21,23,26H,9,11,14H2,1-2H3/t20-,21-/m0/s1.